The van der Waals surface area contributed by atoms with E-state index in [0.29, 0.717) is 11.6 Å². The molecule has 3 aromatic rings. The fraction of sp³-hybridized carbons (Fsp3) is 0.235. The summed E-state index contributed by atoms with van der Waals surface area (Å²) >= 11 is 1.72. The van der Waals surface area contributed by atoms with Crippen molar-refractivity contribution >= 4 is 28.5 Å². The van der Waals surface area contributed by atoms with E-state index in [9.17, 15) is 22.8 Å². The predicted molar refractivity (Wildman–Crippen MR) is 104 cm³/mol. The number of benzene rings is 1. The zero-order valence-electron chi connectivity index (χ0n) is 15.1. The first-order chi connectivity index (χ1) is 13.6. The lowest BCUT2D eigenvalue weighted by molar-refractivity contribution is -0.137. The summed E-state index contributed by atoms with van der Waals surface area (Å²) in [6.45, 7) is 1.61. The van der Waals surface area contributed by atoms with E-state index in [1.54, 1.807) is 29.5 Å². The first-order valence-electron chi connectivity index (χ1n) is 8.19. The number of carbonyl (C=O) groups is 1. The summed E-state index contributed by atoms with van der Waals surface area (Å²) in [5.74, 6) is -0.0926. The molecule has 3 rings (SSSR count). The lowest BCUT2D eigenvalue weighted by Gasteiger charge is -2.15. The zero-order chi connectivity index (χ0) is 21.3. The maximum absolute atomic E-state index is 13.0. The van der Waals surface area contributed by atoms with Gasteiger partial charge in [0, 0.05) is 22.2 Å². The molecule has 1 aromatic carbocycles. The van der Waals surface area contributed by atoms with Gasteiger partial charge in [0.05, 0.1) is 11.6 Å². The van der Waals surface area contributed by atoms with Gasteiger partial charge in [-0.1, -0.05) is 0 Å². The Morgan fingerprint density at radius 2 is 1.97 bits per heavy atom. The van der Waals surface area contributed by atoms with Gasteiger partial charge < -0.3 is 5.32 Å². The summed E-state index contributed by atoms with van der Waals surface area (Å²) < 4.78 is 41.8. The number of alkyl halides is 3. The first kappa shape index (κ1) is 21.0. The third-order valence-electron chi connectivity index (χ3n) is 3.96. The molecular formula is C17H14F3IN6O2. The van der Waals surface area contributed by atoms with Crippen molar-refractivity contribution < 1.29 is 18.0 Å². The fourth-order valence-electron chi connectivity index (χ4n) is 2.55. The van der Waals surface area contributed by atoms with Crippen LogP contribution in [0.25, 0.3) is 5.82 Å². The minimum absolute atomic E-state index is 0.123. The number of halogens is 4. The molecule has 0 saturated carbocycles. The third kappa shape index (κ3) is 4.63. The van der Waals surface area contributed by atoms with Crippen molar-refractivity contribution in [2.45, 2.75) is 19.1 Å². The van der Waals surface area contributed by atoms with Gasteiger partial charge in [-0.2, -0.15) is 23.0 Å². The number of aryl methyl sites for hydroxylation is 1. The van der Waals surface area contributed by atoms with Crippen LogP contribution in [-0.4, -0.2) is 30.5 Å². The highest BCUT2D eigenvalue weighted by Gasteiger charge is 2.32. The minimum atomic E-state index is -4.56. The molecule has 12 heteroatoms. The summed E-state index contributed by atoms with van der Waals surface area (Å²) in [5.41, 5.74) is -1.34. The second-order valence-electron chi connectivity index (χ2n) is 6.10. The highest BCUT2D eigenvalue weighted by molar-refractivity contribution is 14.1. The fourth-order valence-corrected chi connectivity index (χ4v) is 3.23. The van der Waals surface area contributed by atoms with Gasteiger partial charge >= 0.3 is 6.18 Å². The summed E-state index contributed by atoms with van der Waals surface area (Å²) in [7, 11) is 1.48. The first-order valence-corrected chi connectivity index (χ1v) is 9.27. The molecule has 0 saturated heterocycles. The SMILES string of the molecule is C[C@H](NC(=O)c1cc(I)cc(C(F)(F)F)c1)c1ncnn1-c1ccc(=O)n(C)n1. The van der Waals surface area contributed by atoms with E-state index in [4.69, 9.17) is 0 Å². The van der Waals surface area contributed by atoms with Crippen LogP contribution in [0, 0.1) is 3.57 Å². The average Bonchev–Trinajstić information content (AvgIpc) is 3.12. The number of hydrogen-bond acceptors (Lipinski definition) is 5. The van der Waals surface area contributed by atoms with Gasteiger partial charge in [0.25, 0.3) is 11.5 Å². The van der Waals surface area contributed by atoms with Crippen LogP contribution in [0.1, 0.15) is 34.7 Å². The smallest absolute Gasteiger partial charge is 0.342 e. The minimum Gasteiger partial charge on any atom is -0.342 e. The summed E-state index contributed by atoms with van der Waals surface area (Å²) in [6, 6.07) is 5.17. The Hall–Kier alpha value is -2.77. The van der Waals surface area contributed by atoms with Crippen molar-refractivity contribution in [3.8, 4) is 5.82 Å². The van der Waals surface area contributed by atoms with Gasteiger partial charge in [0.2, 0.25) is 0 Å². The van der Waals surface area contributed by atoms with E-state index >= 15 is 0 Å². The van der Waals surface area contributed by atoms with Crippen molar-refractivity contribution in [2.24, 2.45) is 7.05 Å². The Morgan fingerprint density at radius 3 is 2.62 bits per heavy atom. The second-order valence-corrected chi connectivity index (χ2v) is 7.35. The van der Waals surface area contributed by atoms with E-state index in [0.717, 1.165) is 16.8 Å². The standard InChI is InChI=1S/C17H14F3IN6O2/c1-9(15-22-8-23-27(15)13-3-4-14(28)26(2)25-13)24-16(29)10-5-11(17(18,19)20)7-12(21)6-10/h3-9H,1-2H3,(H,24,29)/t9-/m0/s1. The molecule has 1 N–H and O–H groups in total. The largest absolute Gasteiger partial charge is 0.416 e. The van der Waals surface area contributed by atoms with Crippen LogP contribution in [-0.2, 0) is 13.2 Å². The monoisotopic (exact) mass is 518 g/mol. The topological polar surface area (TPSA) is 94.7 Å². The maximum atomic E-state index is 13.0. The third-order valence-corrected chi connectivity index (χ3v) is 4.58. The molecule has 152 valence electrons. The van der Waals surface area contributed by atoms with Crippen LogP contribution in [0.5, 0.6) is 0 Å². The van der Waals surface area contributed by atoms with Crippen molar-refractivity contribution in [1.29, 1.82) is 0 Å². The molecule has 0 aliphatic heterocycles. The van der Waals surface area contributed by atoms with Crippen molar-refractivity contribution in [1.82, 2.24) is 29.9 Å². The van der Waals surface area contributed by atoms with Gasteiger partial charge in [-0.3, -0.25) is 9.59 Å². The lowest BCUT2D eigenvalue weighted by atomic mass is 10.1. The van der Waals surface area contributed by atoms with Gasteiger partial charge in [-0.05, 0) is 53.8 Å². The quantitative estimate of drug-likeness (QED) is 0.536. The summed E-state index contributed by atoms with van der Waals surface area (Å²) in [4.78, 5) is 28.1. The molecule has 0 spiro atoms. The summed E-state index contributed by atoms with van der Waals surface area (Å²) in [6.07, 6.45) is -3.31. The molecule has 1 amide bonds. The highest BCUT2D eigenvalue weighted by Crippen LogP contribution is 2.31. The molecule has 0 bridgehead atoms. The number of amides is 1. The van der Waals surface area contributed by atoms with E-state index in [1.807, 2.05) is 0 Å². The maximum Gasteiger partial charge on any atom is 0.416 e. The Kier molecular flexibility index (Phi) is 5.73. The number of hydrogen-bond donors (Lipinski definition) is 1. The van der Waals surface area contributed by atoms with Gasteiger partial charge in [-0.25, -0.2) is 9.67 Å². The zero-order valence-corrected chi connectivity index (χ0v) is 17.3. The Labute approximate surface area is 175 Å². The molecule has 0 aliphatic carbocycles. The number of nitrogens with one attached hydrogen (secondary N) is 1. The van der Waals surface area contributed by atoms with Crippen molar-refractivity contribution in [3.05, 3.63) is 67.5 Å². The molecule has 1 atom stereocenters. The number of carbonyl (C=O) groups excluding carboxylic acids is 1. The van der Waals surface area contributed by atoms with Crippen LogP contribution in [0.3, 0.4) is 0 Å². The lowest BCUT2D eigenvalue weighted by Crippen LogP contribution is -2.29. The van der Waals surface area contributed by atoms with E-state index in [1.165, 1.54) is 36.3 Å². The van der Waals surface area contributed by atoms with Crippen LogP contribution >= 0.6 is 22.6 Å². The van der Waals surface area contributed by atoms with Gasteiger partial charge in [-0.15, -0.1) is 5.10 Å². The van der Waals surface area contributed by atoms with E-state index in [-0.39, 0.29) is 14.7 Å². The van der Waals surface area contributed by atoms with Gasteiger partial charge in [0.15, 0.2) is 11.6 Å². The molecule has 29 heavy (non-hydrogen) atoms. The summed E-state index contributed by atoms with van der Waals surface area (Å²) in [5, 5.41) is 10.7. The van der Waals surface area contributed by atoms with E-state index in [2.05, 4.69) is 20.5 Å². The highest BCUT2D eigenvalue weighted by atomic mass is 127. The van der Waals surface area contributed by atoms with Crippen LogP contribution in [0.15, 0.2) is 41.5 Å². The van der Waals surface area contributed by atoms with Gasteiger partial charge in [0.1, 0.15) is 6.33 Å². The normalized spacial score (nSPS) is 12.6. The van der Waals surface area contributed by atoms with E-state index < -0.39 is 23.7 Å². The van der Waals surface area contributed by atoms with Crippen LogP contribution < -0.4 is 10.9 Å². The number of aromatic nitrogens is 5. The molecule has 0 aliphatic rings. The average molecular weight is 518 g/mol. The van der Waals surface area contributed by atoms with Crippen molar-refractivity contribution in [3.63, 3.8) is 0 Å². The molecule has 0 unspecified atom stereocenters. The Balaban J connectivity index is 1.87. The molecule has 2 heterocycles. The van der Waals surface area contributed by atoms with Crippen molar-refractivity contribution in [2.75, 3.05) is 0 Å². The van der Waals surface area contributed by atoms with Crippen LogP contribution in [0.4, 0.5) is 13.2 Å². The predicted octanol–water partition coefficient (Wildman–Crippen LogP) is 2.48. The molecule has 0 radical (unpaired) electrons. The molecule has 8 nitrogen and oxygen atoms in total. The molecular weight excluding hydrogens is 504 g/mol. The van der Waals surface area contributed by atoms with Crippen LogP contribution in [0.2, 0.25) is 0 Å². The second kappa shape index (κ2) is 7.93. The Morgan fingerprint density at radius 1 is 1.24 bits per heavy atom. The molecule has 0 fully saturated rings. The molecule has 2 aromatic heterocycles. The number of nitrogens with zero attached hydrogens (tertiary/aromatic N) is 5. The Bertz CT molecular complexity index is 1120. The number of rotatable bonds is 4.